The summed E-state index contributed by atoms with van der Waals surface area (Å²) in [7, 11) is -2.82. The maximum Gasteiger partial charge on any atom is 2.00 e. The fraction of sp³-hybridized carbons (Fsp3) is 0.207. The van der Waals surface area contributed by atoms with Crippen molar-refractivity contribution in [1.29, 1.82) is 0 Å². The summed E-state index contributed by atoms with van der Waals surface area (Å²) in [5.41, 5.74) is 0.961. The second-order valence-electron chi connectivity index (χ2n) is 8.61. The van der Waals surface area contributed by atoms with E-state index in [1.165, 1.54) is 0 Å². The Balaban J connectivity index is 0.000000603. The predicted octanol–water partition coefficient (Wildman–Crippen LogP) is 4.96. The van der Waals surface area contributed by atoms with Crippen molar-refractivity contribution in [2.75, 3.05) is 0 Å². The van der Waals surface area contributed by atoms with Crippen LogP contribution in [0.1, 0.15) is 27.7 Å². The van der Waals surface area contributed by atoms with E-state index in [0.29, 0.717) is 0 Å². The van der Waals surface area contributed by atoms with Crippen molar-refractivity contribution in [3.05, 3.63) is 123 Å². The zero-order chi connectivity index (χ0) is 23.8. The smallest absolute Gasteiger partial charge is 0.337 e. The van der Waals surface area contributed by atoms with Crippen LogP contribution < -0.4 is 10.4 Å². The van der Waals surface area contributed by atoms with E-state index < -0.39 is 7.38 Å². The molecule has 0 spiro atoms. The van der Waals surface area contributed by atoms with Crippen LogP contribution in [0, 0.1) is 62.8 Å². The number of nitrogens with zero attached hydrogens (tertiary/aromatic N) is 1. The average molecular weight is 530 g/mol. The van der Waals surface area contributed by atoms with Gasteiger partial charge in [0.25, 0.3) is 0 Å². The molecule has 0 bridgehead atoms. The quantitative estimate of drug-likeness (QED) is 0.382. The predicted molar refractivity (Wildman–Crippen MR) is 142 cm³/mol. The molecule has 5 heteroatoms. The van der Waals surface area contributed by atoms with Crippen molar-refractivity contribution >= 4 is 34.7 Å². The van der Waals surface area contributed by atoms with Crippen LogP contribution in [0.2, 0.25) is 0 Å². The molecule has 176 valence electrons. The molecule has 0 unspecified atom stereocenters. The van der Waals surface area contributed by atoms with Gasteiger partial charge in [-0.25, -0.2) is 0 Å². The van der Waals surface area contributed by atoms with Gasteiger partial charge < -0.3 is 4.90 Å². The third-order valence-electron chi connectivity index (χ3n) is 5.66. The van der Waals surface area contributed by atoms with E-state index in [4.69, 9.17) is 11.1 Å². The van der Waals surface area contributed by atoms with Crippen molar-refractivity contribution in [2.24, 2.45) is 0 Å². The van der Waals surface area contributed by atoms with E-state index in [1.807, 2.05) is 92.7 Å². The molecule has 0 aliphatic heterocycles. The first kappa shape index (κ1) is 29.2. The summed E-state index contributed by atoms with van der Waals surface area (Å²) in [5.74, 6) is 0.770. The molecule has 10 radical (unpaired) electrons. The second kappa shape index (κ2) is 13.9. The molecule has 1 amide bonds. The Labute approximate surface area is 224 Å². The van der Waals surface area contributed by atoms with E-state index in [1.54, 1.807) is 0 Å². The van der Waals surface area contributed by atoms with Crippen molar-refractivity contribution in [3.8, 4) is 0 Å². The first-order chi connectivity index (χ1) is 15.9. The minimum Gasteiger partial charge on any atom is -0.337 e. The number of hydrogen-bond donors (Lipinski definition) is 0. The molecule has 0 atom stereocenters. The van der Waals surface area contributed by atoms with Crippen LogP contribution in [0.25, 0.3) is 0 Å². The first-order valence-electron chi connectivity index (χ1n) is 11.4. The number of rotatable bonds is 6. The molecular formula is C29H32ClFeNOSi+2. The first-order valence-corrected chi connectivity index (χ1v) is 14.4. The van der Waals surface area contributed by atoms with Crippen LogP contribution in [0.4, 0.5) is 0 Å². The third-order valence-corrected chi connectivity index (χ3v) is 11.0. The van der Waals surface area contributed by atoms with Gasteiger partial charge in [0.05, 0.1) is 5.92 Å². The van der Waals surface area contributed by atoms with E-state index in [-0.39, 0.29) is 35.1 Å². The molecule has 2 aromatic rings. The van der Waals surface area contributed by atoms with Crippen molar-refractivity contribution in [3.63, 3.8) is 0 Å². The van der Waals surface area contributed by atoms with E-state index in [2.05, 4.69) is 52.0 Å². The summed E-state index contributed by atoms with van der Waals surface area (Å²) >= 11 is 7.54. The van der Waals surface area contributed by atoms with Crippen LogP contribution in [-0.2, 0) is 21.9 Å². The molecule has 2 nitrogen and oxygen atoms in total. The Kier molecular flexibility index (Phi) is 11.9. The molecule has 4 rings (SSSR count). The Morgan fingerprint density at radius 1 is 0.706 bits per heavy atom. The molecule has 2 fully saturated rings. The van der Waals surface area contributed by atoms with Gasteiger partial charge in [-0.15, -0.1) is 0 Å². The Bertz CT molecular complexity index is 802. The standard InChI is InChI=1S/C24H27ClNOSi.C5H5.Fe/c1-18(2)26(19(3)4)24(27)22-16-11-17-23(22)28(25,20-12-7-5-8-13-20)21-14-9-6-10-15-21;1-2-4-5-3-1;/h5-19H,1-4H3;1-5H;/q;;+2. The monoisotopic (exact) mass is 529 g/mol. The van der Waals surface area contributed by atoms with Crippen LogP contribution in [-0.4, -0.2) is 30.3 Å². The summed E-state index contributed by atoms with van der Waals surface area (Å²) in [6.07, 6.45) is 15.9. The minimum absolute atomic E-state index is 0. The number of benzene rings is 2. The van der Waals surface area contributed by atoms with Gasteiger partial charge in [0.2, 0.25) is 13.3 Å². The molecule has 2 aliphatic carbocycles. The van der Waals surface area contributed by atoms with Crippen LogP contribution in [0.3, 0.4) is 0 Å². The normalized spacial score (nSPS) is 16.8. The van der Waals surface area contributed by atoms with Gasteiger partial charge in [0, 0.05) is 17.6 Å². The van der Waals surface area contributed by atoms with Crippen LogP contribution in [0.5, 0.6) is 0 Å². The number of hydrogen-bond acceptors (Lipinski definition) is 1. The summed E-state index contributed by atoms with van der Waals surface area (Å²) in [6, 6.07) is 20.6. The molecule has 2 aromatic carbocycles. The van der Waals surface area contributed by atoms with Crippen molar-refractivity contribution in [1.82, 2.24) is 4.90 Å². The molecule has 0 heterocycles. The number of carbonyl (C=O) groups excluding carboxylic acids is 1. The molecule has 0 saturated heterocycles. The number of carbonyl (C=O) groups is 1. The van der Waals surface area contributed by atoms with Gasteiger partial charge in [-0.3, -0.25) is 4.79 Å². The topological polar surface area (TPSA) is 20.3 Å². The molecular weight excluding hydrogens is 498 g/mol. The van der Waals surface area contributed by atoms with E-state index in [0.717, 1.165) is 21.8 Å². The Morgan fingerprint density at radius 3 is 1.50 bits per heavy atom. The maximum atomic E-state index is 13.5. The zero-order valence-electron chi connectivity index (χ0n) is 20.1. The largest absolute Gasteiger partial charge is 2.00 e. The van der Waals surface area contributed by atoms with Gasteiger partial charge >= 0.3 is 17.1 Å². The summed E-state index contributed by atoms with van der Waals surface area (Å²) in [4.78, 5) is 15.4. The van der Waals surface area contributed by atoms with Gasteiger partial charge in [-0.05, 0) is 89.4 Å². The van der Waals surface area contributed by atoms with E-state index >= 15 is 0 Å². The SMILES string of the molecule is CC(C)N(C(=O)[C]1[CH][CH][CH][C]1[Si](Cl)(c1ccccc1)c1ccccc1)C(C)C.[CH]1[CH][CH][CH][CH]1.[Fe+2]. The maximum absolute atomic E-state index is 13.5. The zero-order valence-corrected chi connectivity index (χ0v) is 23.0. The molecule has 0 aromatic heterocycles. The van der Waals surface area contributed by atoms with Gasteiger partial charge in [-0.1, -0.05) is 60.7 Å². The summed E-state index contributed by atoms with van der Waals surface area (Å²) in [6.45, 7) is 8.22. The van der Waals surface area contributed by atoms with Crippen LogP contribution >= 0.6 is 11.1 Å². The number of halogens is 1. The van der Waals surface area contributed by atoms with Crippen LogP contribution in [0.15, 0.2) is 60.7 Å². The molecule has 2 saturated carbocycles. The second-order valence-corrected chi connectivity index (χ2v) is 13.3. The molecule has 2 aliphatic rings. The fourth-order valence-electron chi connectivity index (χ4n) is 4.25. The molecule has 0 N–H and O–H groups in total. The summed E-state index contributed by atoms with van der Waals surface area (Å²) in [5, 5.41) is 2.17. The Hall–Kier alpha value is -1.06. The number of amides is 1. The minimum atomic E-state index is -2.82. The molecule has 34 heavy (non-hydrogen) atoms. The summed E-state index contributed by atoms with van der Waals surface area (Å²) < 4.78 is 0. The van der Waals surface area contributed by atoms with Crippen molar-refractivity contribution in [2.45, 2.75) is 39.8 Å². The van der Waals surface area contributed by atoms with E-state index in [9.17, 15) is 4.79 Å². The average Bonchev–Trinajstić information content (AvgIpc) is 3.54. The van der Waals surface area contributed by atoms with Gasteiger partial charge in [-0.2, -0.15) is 11.1 Å². The fourth-order valence-corrected chi connectivity index (χ4v) is 8.64. The third kappa shape index (κ3) is 6.78. The van der Waals surface area contributed by atoms with Gasteiger partial charge in [0.1, 0.15) is 0 Å². The van der Waals surface area contributed by atoms with Gasteiger partial charge in [0.15, 0.2) is 0 Å². The van der Waals surface area contributed by atoms with Crippen molar-refractivity contribution < 1.29 is 21.9 Å². The Morgan fingerprint density at radius 2 is 1.12 bits per heavy atom.